The van der Waals surface area contributed by atoms with Crippen LogP contribution in [0.1, 0.15) is 32.2 Å². The molecule has 0 aromatic carbocycles. The zero-order chi connectivity index (χ0) is 14.4. The van der Waals surface area contributed by atoms with E-state index < -0.39 is 0 Å². The molecular weight excluding hydrogens is 254 g/mol. The molecule has 0 amide bonds. The van der Waals surface area contributed by atoms with Gasteiger partial charge in [0.1, 0.15) is 0 Å². The summed E-state index contributed by atoms with van der Waals surface area (Å²) in [6.45, 7) is 7.60. The normalized spacial score (nSPS) is 11.6. The Morgan fingerprint density at radius 1 is 1.15 bits per heavy atom. The molecule has 0 unspecified atom stereocenters. The molecule has 0 spiro atoms. The second-order valence-electron chi connectivity index (χ2n) is 5.64. The van der Waals surface area contributed by atoms with Gasteiger partial charge in [0.2, 0.25) is 5.89 Å². The van der Waals surface area contributed by atoms with Gasteiger partial charge in [-0.05, 0) is 44.9 Å². The quantitative estimate of drug-likeness (QED) is 0.840. The Balaban J connectivity index is 1.75. The van der Waals surface area contributed by atoms with Crippen molar-refractivity contribution in [2.24, 2.45) is 0 Å². The molecule has 6 nitrogen and oxygen atoms in total. The van der Waals surface area contributed by atoms with Gasteiger partial charge in [0.15, 0.2) is 0 Å². The first-order valence-electron chi connectivity index (χ1n) is 6.73. The summed E-state index contributed by atoms with van der Waals surface area (Å²) in [6, 6.07) is 4.45. The van der Waals surface area contributed by atoms with Gasteiger partial charge in [-0.3, -0.25) is 4.98 Å². The molecule has 0 saturated heterocycles. The molecule has 2 rings (SSSR count). The van der Waals surface area contributed by atoms with Crippen LogP contribution in [0.15, 0.2) is 28.9 Å². The predicted octanol–water partition coefficient (Wildman–Crippen LogP) is 2.01. The summed E-state index contributed by atoms with van der Waals surface area (Å²) >= 11 is 0. The standard InChI is InChI=1S/C14H21N5O/c1-14(2,3)17-10-12-18-19-13(20-12)16-9-6-11-4-7-15-8-5-11/h4-5,7-8,17H,6,9-10H2,1-3H3,(H,16,19). The van der Waals surface area contributed by atoms with E-state index in [2.05, 4.69) is 46.6 Å². The van der Waals surface area contributed by atoms with Crippen molar-refractivity contribution in [3.05, 3.63) is 36.0 Å². The lowest BCUT2D eigenvalue weighted by Crippen LogP contribution is -2.35. The monoisotopic (exact) mass is 275 g/mol. The van der Waals surface area contributed by atoms with Gasteiger partial charge in [-0.25, -0.2) is 0 Å². The summed E-state index contributed by atoms with van der Waals surface area (Å²) in [5, 5.41) is 14.4. The highest BCUT2D eigenvalue weighted by atomic mass is 16.4. The molecule has 20 heavy (non-hydrogen) atoms. The summed E-state index contributed by atoms with van der Waals surface area (Å²) < 4.78 is 5.51. The number of rotatable bonds is 6. The van der Waals surface area contributed by atoms with Crippen LogP contribution in [0.5, 0.6) is 0 Å². The average molecular weight is 275 g/mol. The van der Waals surface area contributed by atoms with E-state index in [9.17, 15) is 0 Å². The molecule has 0 radical (unpaired) electrons. The van der Waals surface area contributed by atoms with Gasteiger partial charge < -0.3 is 15.1 Å². The van der Waals surface area contributed by atoms with Gasteiger partial charge in [0, 0.05) is 24.5 Å². The summed E-state index contributed by atoms with van der Waals surface area (Å²) in [4.78, 5) is 3.99. The van der Waals surface area contributed by atoms with E-state index in [1.54, 1.807) is 12.4 Å². The van der Waals surface area contributed by atoms with Crippen molar-refractivity contribution in [2.75, 3.05) is 11.9 Å². The van der Waals surface area contributed by atoms with Gasteiger partial charge in [0.05, 0.1) is 6.54 Å². The highest BCUT2D eigenvalue weighted by Gasteiger charge is 2.11. The molecule has 0 fully saturated rings. The fourth-order valence-electron chi connectivity index (χ4n) is 1.60. The third-order valence-electron chi connectivity index (χ3n) is 2.68. The highest BCUT2D eigenvalue weighted by Crippen LogP contribution is 2.08. The number of hydrogen-bond donors (Lipinski definition) is 2. The zero-order valence-corrected chi connectivity index (χ0v) is 12.2. The van der Waals surface area contributed by atoms with E-state index >= 15 is 0 Å². The Bertz CT molecular complexity index is 518. The van der Waals surface area contributed by atoms with E-state index in [0.717, 1.165) is 13.0 Å². The van der Waals surface area contributed by atoms with Crippen LogP contribution < -0.4 is 10.6 Å². The van der Waals surface area contributed by atoms with Crippen LogP contribution in [0.25, 0.3) is 0 Å². The lowest BCUT2D eigenvalue weighted by Gasteiger charge is -2.18. The van der Waals surface area contributed by atoms with Crippen molar-refractivity contribution in [3.8, 4) is 0 Å². The first-order valence-corrected chi connectivity index (χ1v) is 6.73. The van der Waals surface area contributed by atoms with Crippen LogP contribution in [0.2, 0.25) is 0 Å². The second-order valence-corrected chi connectivity index (χ2v) is 5.64. The molecule has 0 atom stereocenters. The van der Waals surface area contributed by atoms with Gasteiger partial charge >= 0.3 is 6.01 Å². The largest absolute Gasteiger partial charge is 0.407 e. The van der Waals surface area contributed by atoms with Crippen molar-refractivity contribution < 1.29 is 4.42 Å². The molecule has 2 aromatic heterocycles. The van der Waals surface area contributed by atoms with Crippen LogP contribution >= 0.6 is 0 Å². The van der Waals surface area contributed by atoms with Crippen LogP contribution in [-0.2, 0) is 13.0 Å². The first-order chi connectivity index (χ1) is 9.53. The molecule has 2 N–H and O–H groups in total. The van der Waals surface area contributed by atoms with Crippen molar-refractivity contribution in [1.29, 1.82) is 0 Å². The molecule has 0 aliphatic carbocycles. The van der Waals surface area contributed by atoms with Crippen molar-refractivity contribution in [3.63, 3.8) is 0 Å². The summed E-state index contributed by atoms with van der Waals surface area (Å²) in [6.07, 6.45) is 4.47. The van der Waals surface area contributed by atoms with Crippen molar-refractivity contribution >= 4 is 6.01 Å². The van der Waals surface area contributed by atoms with E-state index in [1.165, 1.54) is 5.56 Å². The van der Waals surface area contributed by atoms with Gasteiger partial charge in [-0.1, -0.05) is 5.10 Å². The zero-order valence-electron chi connectivity index (χ0n) is 12.2. The minimum atomic E-state index is 0.0312. The Hall–Kier alpha value is -1.95. The Morgan fingerprint density at radius 2 is 1.90 bits per heavy atom. The fraction of sp³-hybridized carbons (Fsp3) is 0.500. The van der Waals surface area contributed by atoms with Gasteiger partial charge in [-0.15, -0.1) is 5.10 Å². The molecule has 0 aliphatic heterocycles. The average Bonchev–Trinajstić information content (AvgIpc) is 2.85. The minimum Gasteiger partial charge on any atom is -0.407 e. The third kappa shape index (κ3) is 4.97. The van der Waals surface area contributed by atoms with Crippen molar-refractivity contribution in [1.82, 2.24) is 20.5 Å². The molecule has 108 valence electrons. The second kappa shape index (κ2) is 6.47. The number of nitrogens with one attached hydrogen (secondary N) is 2. The smallest absolute Gasteiger partial charge is 0.315 e. The van der Waals surface area contributed by atoms with E-state index in [0.29, 0.717) is 18.5 Å². The van der Waals surface area contributed by atoms with Crippen LogP contribution in [0.3, 0.4) is 0 Å². The van der Waals surface area contributed by atoms with E-state index in [4.69, 9.17) is 4.42 Å². The summed E-state index contributed by atoms with van der Waals surface area (Å²) in [5.41, 5.74) is 1.25. The summed E-state index contributed by atoms with van der Waals surface area (Å²) in [5.74, 6) is 0.589. The molecule has 0 bridgehead atoms. The predicted molar refractivity (Wildman–Crippen MR) is 77.3 cm³/mol. The maximum absolute atomic E-state index is 5.51. The number of aromatic nitrogens is 3. The summed E-state index contributed by atoms with van der Waals surface area (Å²) in [7, 11) is 0. The van der Waals surface area contributed by atoms with Crippen LogP contribution in [0, 0.1) is 0 Å². The Labute approximate surface area is 119 Å². The SMILES string of the molecule is CC(C)(C)NCc1nnc(NCCc2ccncc2)o1. The molecule has 0 aliphatic rings. The topological polar surface area (TPSA) is 75.9 Å². The first kappa shape index (κ1) is 14.5. The maximum Gasteiger partial charge on any atom is 0.315 e. The lowest BCUT2D eigenvalue weighted by atomic mass is 10.1. The number of anilines is 1. The van der Waals surface area contributed by atoms with Crippen LogP contribution in [0.4, 0.5) is 6.01 Å². The lowest BCUT2D eigenvalue weighted by molar-refractivity contribution is 0.383. The number of nitrogens with zero attached hydrogens (tertiary/aromatic N) is 3. The minimum absolute atomic E-state index is 0.0312. The van der Waals surface area contributed by atoms with E-state index in [1.807, 2.05) is 12.1 Å². The fourth-order valence-corrected chi connectivity index (χ4v) is 1.60. The third-order valence-corrected chi connectivity index (χ3v) is 2.68. The molecule has 0 saturated carbocycles. The number of pyridine rings is 1. The van der Waals surface area contributed by atoms with E-state index in [-0.39, 0.29) is 5.54 Å². The Kier molecular flexibility index (Phi) is 4.68. The molecule has 6 heteroatoms. The Morgan fingerprint density at radius 3 is 2.60 bits per heavy atom. The van der Waals surface area contributed by atoms with Crippen molar-refractivity contribution in [2.45, 2.75) is 39.3 Å². The van der Waals surface area contributed by atoms with Crippen LogP contribution in [-0.4, -0.2) is 27.3 Å². The molecule has 2 heterocycles. The van der Waals surface area contributed by atoms with Gasteiger partial charge in [0.25, 0.3) is 0 Å². The highest BCUT2D eigenvalue weighted by molar-refractivity contribution is 5.19. The molecular formula is C14H21N5O. The number of hydrogen-bond acceptors (Lipinski definition) is 6. The maximum atomic E-state index is 5.51. The van der Waals surface area contributed by atoms with Gasteiger partial charge in [-0.2, -0.15) is 0 Å². The molecule has 2 aromatic rings.